The Balaban J connectivity index is 1.81. The molecule has 26 heavy (non-hydrogen) atoms. The second-order valence-electron chi connectivity index (χ2n) is 8.03. The molecule has 0 radical (unpaired) electrons. The lowest BCUT2D eigenvalue weighted by atomic mass is 9.53. The summed E-state index contributed by atoms with van der Waals surface area (Å²) in [7, 11) is 3.59. The summed E-state index contributed by atoms with van der Waals surface area (Å²) < 4.78 is 5.42. The van der Waals surface area contributed by atoms with E-state index in [9.17, 15) is 10.4 Å². The number of nitriles is 1. The van der Waals surface area contributed by atoms with Gasteiger partial charge in [-0.05, 0) is 24.6 Å². The summed E-state index contributed by atoms with van der Waals surface area (Å²) in [5.41, 5.74) is 7.84. The van der Waals surface area contributed by atoms with Crippen LogP contribution in [0.15, 0.2) is 30.4 Å². The fourth-order valence-corrected chi connectivity index (χ4v) is 6.31. The topological polar surface area (TPSA) is 85.7 Å². The van der Waals surface area contributed by atoms with Gasteiger partial charge in [0, 0.05) is 37.3 Å². The van der Waals surface area contributed by atoms with Gasteiger partial charge >= 0.3 is 0 Å². The lowest BCUT2D eigenvalue weighted by Crippen LogP contribution is -2.79. The number of benzene rings is 1. The van der Waals surface area contributed by atoms with Crippen LogP contribution < -0.4 is 15.4 Å². The Morgan fingerprint density at radius 3 is 2.96 bits per heavy atom. The number of hydrogen-bond acceptors (Lipinski definition) is 6. The molecule has 3 N–H and O–H groups in total. The third-order valence-corrected chi connectivity index (χ3v) is 7.43. The first kappa shape index (κ1) is 16.1. The van der Waals surface area contributed by atoms with Crippen LogP contribution in [0.25, 0.3) is 0 Å². The molecular weight excluding hydrogens is 328 g/mol. The summed E-state index contributed by atoms with van der Waals surface area (Å²) in [4.78, 5) is 4.44. The fraction of sp³-hybridized carbons (Fsp3) is 0.550. The SMILES string of the molecule is COc1ccc2c(c1)N(C)C1(N)C(O)C(C#N)C3C=CCN4CCC21C34. The number of rotatable bonds is 1. The highest BCUT2D eigenvalue weighted by atomic mass is 16.5. The zero-order chi connectivity index (χ0) is 18.3. The summed E-state index contributed by atoms with van der Waals surface area (Å²) in [6.45, 7) is 1.80. The summed E-state index contributed by atoms with van der Waals surface area (Å²) in [6.07, 6.45) is 4.21. The number of hydrogen-bond donors (Lipinski definition) is 2. The van der Waals surface area contributed by atoms with Crippen molar-refractivity contribution in [2.75, 3.05) is 32.1 Å². The largest absolute Gasteiger partial charge is 0.497 e. The van der Waals surface area contributed by atoms with E-state index in [2.05, 4.69) is 29.2 Å². The molecule has 2 fully saturated rings. The van der Waals surface area contributed by atoms with E-state index in [1.54, 1.807) is 7.11 Å². The zero-order valence-electron chi connectivity index (χ0n) is 15.1. The molecule has 3 aliphatic heterocycles. The molecule has 1 aromatic carbocycles. The van der Waals surface area contributed by atoms with Crippen LogP contribution >= 0.6 is 0 Å². The number of aliphatic hydroxyl groups is 1. The minimum Gasteiger partial charge on any atom is -0.497 e. The molecule has 0 amide bonds. The minimum atomic E-state index is -1.01. The molecule has 1 aliphatic carbocycles. The van der Waals surface area contributed by atoms with Crippen LogP contribution in [0.1, 0.15) is 12.0 Å². The third kappa shape index (κ3) is 1.50. The molecule has 5 rings (SSSR count). The van der Waals surface area contributed by atoms with Crippen LogP contribution in [-0.2, 0) is 5.41 Å². The van der Waals surface area contributed by atoms with E-state index in [1.165, 1.54) is 5.56 Å². The van der Waals surface area contributed by atoms with Gasteiger partial charge in [0.1, 0.15) is 17.5 Å². The van der Waals surface area contributed by atoms with Crippen LogP contribution in [0.3, 0.4) is 0 Å². The molecule has 0 aromatic heterocycles. The van der Waals surface area contributed by atoms with E-state index in [-0.39, 0.29) is 12.0 Å². The predicted octanol–water partition coefficient (Wildman–Crippen LogP) is 0.812. The van der Waals surface area contributed by atoms with Crippen molar-refractivity contribution in [1.29, 1.82) is 5.26 Å². The summed E-state index contributed by atoms with van der Waals surface area (Å²) in [5.74, 6) is 0.244. The second-order valence-corrected chi connectivity index (χ2v) is 8.03. The van der Waals surface area contributed by atoms with Gasteiger partial charge in [-0.3, -0.25) is 4.90 Å². The first-order chi connectivity index (χ1) is 12.5. The van der Waals surface area contributed by atoms with Crippen molar-refractivity contribution in [1.82, 2.24) is 4.90 Å². The molecule has 1 saturated heterocycles. The van der Waals surface area contributed by atoms with E-state index in [1.807, 2.05) is 24.1 Å². The van der Waals surface area contributed by atoms with Crippen molar-refractivity contribution in [2.45, 2.75) is 29.6 Å². The van der Waals surface area contributed by atoms with Gasteiger partial charge in [-0.1, -0.05) is 18.2 Å². The molecule has 6 nitrogen and oxygen atoms in total. The smallest absolute Gasteiger partial charge is 0.127 e. The Morgan fingerprint density at radius 1 is 1.42 bits per heavy atom. The van der Waals surface area contributed by atoms with Gasteiger partial charge in [-0.15, -0.1) is 0 Å². The minimum absolute atomic E-state index is 0.00984. The molecule has 6 heteroatoms. The highest BCUT2D eigenvalue weighted by molar-refractivity contribution is 5.71. The summed E-state index contributed by atoms with van der Waals surface area (Å²) in [5, 5.41) is 21.2. The number of ether oxygens (including phenoxy) is 1. The normalized spacial score (nSPS) is 42.8. The van der Waals surface area contributed by atoms with Crippen molar-refractivity contribution >= 4 is 5.69 Å². The van der Waals surface area contributed by atoms with Crippen LogP contribution in [0.5, 0.6) is 5.75 Å². The van der Waals surface area contributed by atoms with E-state index in [0.717, 1.165) is 30.9 Å². The molecule has 1 saturated carbocycles. The van der Waals surface area contributed by atoms with Crippen molar-refractivity contribution in [2.24, 2.45) is 17.6 Å². The number of methoxy groups -OCH3 is 1. The number of fused-ring (bicyclic) bond motifs is 1. The number of nitrogens with two attached hydrogens (primary N) is 1. The average Bonchev–Trinajstić information content (AvgIpc) is 3.15. The van der Waals surface area contributed by atoms with Crippen molar-refractivity contribution in [3.05, 3.63) is 35.9 Å². The lowest BCUT2D eigenvalue weighted by Gasteiger charge is -2.59. The van der Waals surface area contributed by atoms with Gasteiger partial charge in [0.15, 0.2) is 0 Å². The van der Waals surface area contributed by atoms with Gasteiger partial charge in [0.25, 0.3) is 0 Å². The van der Waals surface area contributed by atoms with Gasteiger partial charge in [0.05, 0.1) is 24.5 Å². The van der Waals surface area contributed by atoms with Gasteiger partial charge in [-0.25, -0.2) is 0 Å². The molecule has 3 heterocycles. The van der Waals surface area contributed by atoms with Gasteiger partial charge < -0.3 is 20.5 Å². The standard InChI is InChI=1S/C20H24N4O2/c1-23-16-10-12(26-2)5-6-15(16)19-7-9-24-8-3-4-13(17(19)24)14(11-21)18(25)20(19,23)22/h3-6,10,13-14,17-18,25H,7-9,22H2,1-2H3. The number of likely N-dealkylation sites (N-methyl/N-ethyl adjacent to an activating group) is 1. The molecule has 4 aliphatic rings. The monoisotopic (exact) mass is 352 g/mol. The highest BCUT2D eigenvalue weighted by Crippen LogP contribution is 2.64. The molecule has 6 unspecified atom stereocenters. The first-order valence-corrected chi connectivity index (χ1v) is 9.20. The molecule has 136 valence electrons. The Bertz CT molecular complexity index is 849. The van der Waals surface area contributed by atoms with Crippen LogP contribution in [0, 0.1) is 23.2 Å². The molecular formula is C20H24N4O2. The maximum Gasteiger partial charge on any atom is 0.127 e. The van der Waals surface area contributed by atoms with Crippen LogP contribution in [0.4, 0.5) is 5.69 Å². The van der Waals surface area contributed by atoms with E-state index < -0.39 is 23.1 Å². The summed E-state index contributed by atoms with van der Waals surface area (Å²) >= 11 is 0. The Kier molecular flexibility index (Phi) is 3.11. The van der Waals surface area contributed by atoms with E-state index in [4.69, 9.17) is 10.5 Å². The molecule has 1 aromatic rings. The van der Waals surface area contributed by atoms with Crippen LogP contribution in [0.2, 0.25) is 0 Å². The van der Waals surface area contributed by atoms with Crippen molar-refractivity contribution in [3.63, 3.8) is 0 Å². The quantitative estimate of drug-likeness (QED) is 0.728. The number of nitrogens with zero attached hydrogens (tertiary/aromatic N) is 3. The predicted molar refractivity (Wildman–Crippen MR) is 97.7 cm³/mol. The maximum atomic E-state index is 11.3. The Morgan fingerprint density at radius 2 is 2.23 bits per heavy atom. The Hall–Kier alpha value is -2.07. The molecule has 1 spiro atoms. The van der Waals surface area contributed by atoms with Crippen LogP contribution in [-0.4, -0.2) is 55.1 Å². The lowest BCUT2D eigenvalue weighted by molar-refractivity contribution is -0.0690. The Labute approximate surface area is 153 Å². The highest BCUT2D eigenvalue weighted by Gasteiger charge is 2.74. The fourth-order valence-electron chi connectivity index (χ4n) is 6.31. The van der Waals surface area contributed by atoms with E-state index in [0.29, 0.717) is 0 Å². The maximum absolute atomic E-state index is 11.3. The van der Waals surface area contributed by atoms with Gasteiger partial charge in [-0.2, -0.15) is 5.26 Å². The number of aliphatic hydroxyl groups excluding tert-OH is 1. The van der Waals surface area contributed by atoms with Crippen molar-refractivity contribution < 1.29 is 9.84 Å². The first-order valence-electron chi connectivity index (χ1n) is 9.20. The molecule has 0 bridgehead atoms. The second kappa shape index (κ2) is 5.01. The van der Waals surface area contributed by atoms with E-state index >= 15 is 0 Å². The average molecular weight is 352 g/mol. The van der Waals surface area contributed by atoms with Crippen molar-refractivity contribution in [3.8, 4) is 11.8 Å². The number of anilines is 1. The van der Waals surface area contributed by atoms with Gasteiger partial charge in [0.2, 0.25) is 0 Å². The molecule has 6 atom stereocenters. The summed E-state index contributed by atoms with van der Waals surface area (Å²) in [6, 6.07) is 8.58. The third-order valence-electron chi connectivity index (χ3n) is 7.43. The zero-order valence-corrected chi connectivity index (χ0v) is 15.1.